The molecule has 0 unspecified atom stereocenters. The fourth-order valence-electron chi connectivity index (χ4n) is 1.86. The molecule has 0 aromatic rings. The predicted molar refractivity (Wildman–Crippen MR) is 54.8 cm³/mol. The maximum absolute atomic E-state index is 4.64. The van der Waals surface area contributed by atoms with Crippen LogP contribution in [0.25, 0.3) is 0 Å². The molecule has 0 radical (unpaired) electrons. The monoisotopic (exact) mass is 167 g/mol. The minimum absolute atomic E-state index is 0.775. The summed E-state index contributed by atoms with van der Waals surface area (Å²) < 4.78 is 0. The minimum atomic E-state index is 0.775. The van der Waals surface area contributed by atoms with Gasteiger partial charge in [0.1, 0.15) is 0 Å². The average molecular weight is 167 g/mol. The second-order valence-corrected chi connectivity index (χ2v) is 3.69. The van der Waals surface area contributed by atoms with Gasteiger partial charge in [0.05, 0.1) is 0 Å². The topological polar surface area (TPSA) is 12.4 Å². The van der Waals surface area contributed by atoms with E-state index in [9.17, 15) is 0 Å². The Morgan fingerprint density at radius 1 is 1.25 bits per heavy atom. The summed E-state index contributed by atoms with van der Waals surface area (Å²) in [5, 5.41) is 0. The summed E-state index contributed by atoms with van der Waals surface area (Å²) in [6.07, 6.45) is 5.34. The molecule has 1 aliphatic carbocycles. The Labute approximate surface area is 76.3 Å². The Hall–Kier alpha value is -0.330. The molecule has 1 aliphatic rings. The van der Waals surface area contributed by atoms with Crippen molar-refractivity contribution < 1.29 is 0 Å². The molecule has 0 amide bonds. The quantitative estimate of drug-likeness (QED) is 0.557. The van der Waals surface area contributed by atoms with E-state index < -0.39 is 0 Å². The summed E-state index contributed by atoms with van der Waals surface area (Å²) >= 11 is 0. The molecule has 0 bridgehead atoms. The molecular weight excluding hydrogens is 146 g/mol. The van der Waals surface area contributed by atoms with Crippen LogP contribution in [0.4, 0.5) is 0 Å². The van der Waals surface area contributed by atoms with E-state index in [1.165, 1.54) is 31.4 Å². The van der Waals surface area contributed by atoms with Gasteiger partial charge in [-0.3, -0.25) is 4.99 Å². The lowest BCUT2D eigenvalue weighted by molar-refractivity contribution is 0.624. The SMILES string of the molecule is CCN=C(C(CC)CC)C1CC1. The van der Waals surface area contributed by atoms with Gasteiger partial charge in [0.2, 0.25) is 0 Å². The van der Waals surface area contributed by atoms with Crippen LogP contribution in [0.5, 0.6) is 0 Å². The van der Waals surface area contributed by atoms with E-state index in [2.05, 4.69) is 25.8 Å². The zero-order valence-corrected chi connectivity index (χ0v) is 8.64. The molecule has 0 saturated heterocycles. The first-order valence-electron chi connectivity index (χ1n) is 5.37. The van der Waals surface area contributed by atoms with Crippen molar-refractivity contribution in [2.75, 3.05) is 6.54 Å². The summed E-state index contributed by atoms with van der Waals surface area (Å²) in [5.74, 6) is 1.65. The number of rotatable bonds is 5. The third-order valence-electron chi connectivity index (χ3n) is 2.74. The highest BCUT2D eigenvalue weighted by atomic mass is 14.7. The van der Waals surface area contributed by atoms with Gasteiger partial charge in [0.25, 0.3) is 0 Å². The normalized spacial score (nSPS) is 18.8. The molecular formula is C11H21N. The Morgan fingerprint density at radius 2 is 1.83 bits per heavy atom. The van der Waals surface area contributed by atoms with Gasteiger partial charge in [-0.05, 0) is 44.4 Å². The third-order valence-corrected chi connectivity index (χ3v) is 2.74. The molecule has 0 aromatic carbocycles. The zero-order chi connectivity index (χ0) is 8.97. The standard InChI is InChI=1S/C11H21N/c1-4-9(5-2)11(12-6-3)10-7-8-10/h9-10H,4-8H2,1-3H3. The van der Waals surface area contributed by atoms with Gasteiger partial charge in [0, 0.05) is 12.3 Å². The summed E-state index contributed by atoms with van der Waals surface area (Å²) in [6, 6.07) is 0. The Kier molecular flexibility index (Phi) is 3.77. The van der Waals surface area contributed by atoms with Crippen molar-refractivity contribution in [1.82, 2.24) is 0 Å². The first-order valence-corrected chi connectivity index (χ1v) is 5.37. The van der Waals surface area contributed by atoms with Crippen molar-refractivity contribution in [3.05, 3.63) is 0 Å². The average Bonchev–Trinajstić information content (AvgIpc) is 2.88. The first kappa shape index (κ1) is 9.76. The van der Waals surface area contributed by atoms with Crippen LogP contribution in [0.3, 0.4) is 0 Å². The Bertz CT molecular complexity index is 152. The lowest BCUT2D eigenvalue weighted by Gasteiger charge is -2.15. The van der Waals surface area contributed by atoms with E-state index in [-0.39, 0.29) is 0 Å². The van der Waals surface area contributed by atoms with E-state index in [1.54, 1.807) is 0 Å². The van der Waals surface area contributed by atoms with Crippen molar-refractivity contribution in [3.63, 3.8) is 0 Å². The van der Waals surface area contributed by atoms with E-state index in [0.717, 1.165) is 18.4 Å². The molecule has 0 atom stereocenters. The van der Waals surface area contributed by atoms with Crippen molar-refractivity contribution in [2.45, 2.75) is 46.5 Å². The highest BCUT2D eigenvalue weighted by Gasteiger charge is 2.30. The van der Waals surface area contributed by atoms with Crippen LogP contribution < -0.4 is 0 Å². The zero-order valence-electron chi connectivity index (χ0n) is 8.64. The van der Waals surface area contributed by atoms with Gasteiger partial charge in [-0.2, -0.15) is 0 Å². The van der Waals surface area contributed by atoms with Gasteiger partial charge in [0.15, 0.2) is 0 Å². The highest BCUT2D eigenvalue weighted by Crippen LogP contribution is 2.35. The van der Waals surface area contributed by atoms with Crippen molar-refractivity contribution in [2.24, 2.45) is 16.8 Å². The predicted octanol–water partition coefficient (Wildman–Crippen LogP) is 3.29. The Morgan fingerprint density at radius 3 is 2.17 bits per heavy atom. The molecule has 0 aliphatic heterocycles. The lowest BCUT2D eigenvalue weighted by atomic mass is 9.94. The largest absolute Gasteiger partial charge is 0.294 e. The van der Waals surface area contributed by atoms with E-state index in [4.69, 9.17) is 0 Å². The van der Waals surface area contributed by atoms with E-state index in [0.29, 0.717) is 0 Å². The van der Waals surface area contributed by atoms with E-state index >= 15 is 0 Å². The van der Waals surface area contributed by atoms with E-state index in [1.807, 2.05) is 0 Å². The van der Waals surface area contributed by atoms with Gasteiger partial charge in [-0.25, -0.2) is 0 Å². The summed E-state index contributed by atoms with van der Waals surface area (Å²) in [4.78, 5) is 4.64. The molecule has 1 nitrogen and oxygen atoms in total. The highest BCUT2D eigenvalue weighted by molar-refractivity contribution is 5.90. The van der Waals surface area contributed by atoms with Gasteiger partial charge in [-0.1, -0.05) is 13.8 Å². The second-order valence-electron chi connectivity index (χ2n) is 3.69. The molecule has 1 rings (SSSR count). The van der Waals surface area contributed by atoms with Crippen molar-refractivity contribution >= 4 is 5.71 Å². The summed E-state index contributed by atoms with van der Waals surface area (Å²) in [7, 11) is 0. The second kappa shape index (κ2) is 4.64. The summed E-state index contributed by atoms with van der Waals surface area (Å²) in [5.41, 5.74) is 1.53. The maximum Gasteiger partial charge on any atom is 0.0360 e. The van der Waals surface area contributed by atoms with Crippen molar-refractivity contribution in [1.29, 1.82) is 0 Å². The van der Waals surface area contributed by atoms with Crippen LogP contribution in [0.2, 0.25) is 0 Å². The van der Waals surface area contributed by atoms with Crippen LogP contribution in [0.15, 0.2) is 4.99 Å². The number of hydrogen-bond donors (Lipinski definition) is 0. The van der Waals surface area contributed by atoms with Crippen LogP contribution >= 0.6 is 0 Å². The third kappa shape index (κ3) is 2.33. The Balaban J connectivity index is 2.56. The molecule has 1 fully saturated rings. The fourth-order valence-corrected chi connectivity index (χ4v) is 1.86. The number of nitrogens with zero attached hydrogens (tertiary/aromatic N) is 1. The van der Waals surface area contributed by atoms with Gasteiger partial charge >= 0.3 is 0 Å². The molecule has 1 saturated carbocycles. The van der Waals surface area contributed by atoms with Crippen LogP contribution in [0, 0.1) is 11.8 Å². The molecule has 0 N–H and O–H groups in total. The first-order chi connectivity index (χ1) is 5.83. The van der Waals surface area contributed by atoms with Crippen LogP contribution in [0.1, 0.15) is 46.5 Å². The number of hydrogen-bond acceptors (Lipinski definition) is 1. The fraction of sp³-hybridized carbons (Fsp3) is 0.909. The van der Waals surface area contributed by atoms with Gasteiger partial charge in [-0.15, -0.1) is 0 Å². The maximum atomic E-state index is 4.64. The molecule has 1 heteroatoms. The van der Waals surface area contributed by atoms with Gasteiger partial charge < -0.3 is 0 Å². The molecule has 0 heterocycles. The van der Waals surface area contributed by atoms with Crippen LogP contribution in [-0.4, -0.2) is 12.3 Å². The molecule has 0 aromatic heterocycles. The minimum Gasteiger partial charge on any atom is -0.294 e. The molecule has 70 valence electrons. The van der Waals surface area contributed by atoms with Crippen molar-refractivity contribution in [3.8, 4) is 0 Å². The smallest absolute Gasteiger partial charge is 0.0360 e. The van der Waals surface area contributed by atoms with Crippen LogP contribution in [-0.2, 0) is 0 Å². The molecule has 12 heavy (non-hydrogen) atoms. The summed E-state index contributed by atoms with van der Waals surface area (Å²) in [6.45, 7) is 7.68. The number of aliphatic imine (C=N–C) groups is 1. The molecule has 0 spiro atoms. The lowest BCUT2D eigenvalue weighted by Crippen LogP contribution is -2.15.